The second-order valence-corrected chi connectivity index (χ2v) is 6.25. The molecular formula is C18H18N4OS. The van der Waals surface area contributed by atoms with Gasteiger partial charge in [0.25, 0.3) is 0 Å². The zero-order chi connectivity index (χ0) is 16.8. The normalized spacial score (nSPS) is 10.5. The summed E-state index contributed by atoms with van der Waals surface area (Å²) in [4.78, 5) is 20.5. The number of anilines is 1. The SMILES string of the molecule is NCCc1nc(CC(=O)Nc2ccc(-c3ccncc3)cc2)cs1. The molecule has 0 atom stereocenters. The fraction of sp³-hybridized carbons (Fsp3) is 0.167. The number of rotatable bonds is 6. The summed E-state index contributed by atoms with van der Waals surface area (Å²) in [7, 11) is 0. The van der Waals surface area contributed by atoms with Crippen LogP contribution in [-0.2, 0) is 17.6 Å². The number of benzene rings is 1. The molecule has 0 radical (unpaired) electrons. The van der Waals surface area contributed by atoms with Crippen LogP contribution in [0, 0.1) is 0 Å². The molecule has 3 rings (SSSR count). The Kier molecular flexibility index (Phi) is 5.30. The summed E-state index contributed by atoms with van der Waals surface area (Å²) in [5, 5.41) is 5.79. The third-order valence-corrected chi connectivity index (χ3v) is 4.44. The first-order chi connectivity index (χ1) is 11.7. The van der Waals surface area contributed by atoms with E-state index >= 15 is 0 Å². The number of pyridine rings is 1. The molecule has 0 saturated heterocycles. The van der Waals surface area contributed by atoms with E-state index in [4.69, 9.17) is 5.73 Å². The zero-order valence-corrected chi connectivity index (χ0v) is 13.9. The number of amides is 1. The highest BCUT2D eigenvalue weighted by Gasteiger charge is 2.08. The van der Waals surface area contributed by atoms with Crippen molar-refractivity contribution in [1.82, 2.24) is 9.97 Å². The topological polar surface area (TPSA) is 80.9 Å². The number of carbonyl (C=O) groups is 1. The Labute approximate surface area is 144 Å². The largest absolute Gasteiger partial charge is 0.330 e. The van der Waals surface area contributed by atoms with Gasteiger partial charge < -0.3 is 11.1 Å². The third kappa shape index (κ3) is 4.24. The average Bonchev–Trinajstić information content (AvgIpc) is 3.03. The van der Waals surface area contributed by atoms with Crippen LogP contribution in [0.25, 0.3) is 11.1 Å². The van der Waals surface area contributed by atoms with E-state index in [1.807, 2.05) is 41.8 Å². The van der Waals surface area contributed by atoms with Gasteiger partial charge in [0.05, 0.1) is 17.1 Å². The van der Waals surface area contributed by atoms with Crippen LogP contribution in [0.3, 0.4) is 0 Å². The second-order valence-electron chi connectivity index (χ2n) is 5.31. The van der Waals surface area contributed by atoms with E-state index in [-0.39, 0.29) is 12.3 Å². The lowest BCUT2D eigenvalue weighted by Crippen LogP contribution is -2.14. The molecule has 0 bridgehead atoms. The standard InChI is InChI=1S/C18H18N4OS/c19-8-5-18-22-16(12-24-18)11-17(23)21-15-3-1-13(2-4-15)14-6-9-20-10-7-14/h1-4,6-7,9-10,12H,5,8,11,19H2,(H,21,23). The smallest absolute Gasteiger partial charge is 0.230 e. The molecule has 3 aromatic rings. The van der Waals surface area contributed by atoms with Crippen LogP contribution in [0.2, 0.25) is 0 Å². The van der Waals surface area contributed by atoms with Gasteiger partial charge in [0.2, 0.25) is 5.91 Å². The average molecular weight is 338 g/mol. The summed E-state index contributed by atoms with van der Waals surface area (Å²) in [6, 6.07) is 11.7. The highest BCUT2D eigenvalue weighted by Crippen LogP contribution is 2.20. The van der Waals surface area contributed by atoms with Crippen LogP contribution < -0.4 is 11.1 Å². The first kappa shape index (κ1) is 16.3. The Morgan fingerprint density at radius 1 is 1.08 bits per heavy atom. The van der Waals surface area contributed by atoms with Gasteiger partial charge in [-0.2, -0.15) is 0 Å². The molecule has 0 fully saturated rings. The number of hydrogen-bond donors (Lipinski definition) is 2. The van der Waals surface area contributed by atoms with E-state index in [1.54, 1.807) is 23.7 Å². The van der Waals surface area contributed by atoms with Gasteiger partial charge in [-0.25, -0.2) is 4.98 Å². The van der Waals surface area contributed by atoms with Gasteiger partial charge in [0.1, 0.15) is 0 Å². The van der Waals surface area contributed by atoms with E-state index < -0.39 is 0 Å². The number of thiazole rings is 1. The lowest BCUT2D eigenvalue weighted by Gasteiger charge is -2.06. The Morgan fingerprint density at radius 2 is 1.79 bits per heavy atom. The number of carbonyl (C=O) groups excluding carboxylic acids is 1. The second kappa shape index (κ2) is 7.81. The minimum absolute atomic E-state index is 0.0729. The van der Waals surface area contributed by atoms with Crippen LogP contribution in [0.1, 0.15) is 10.7 Å². The Hall–Kier alpha value is -2.57. The third-order valence-electron chi connectivity index (χ3n) is 3.48. The molecule has 0 unspecified atom stereocenters. The maximum absolute atomic E-state index is 12.1. The highest BCUT2D eigenvalue weighted by molar-refractivity contribution is 7.09. The van der Waals surface area contributed by atoms with Crippen molar-refractivity contribution in [3.05, 3.63) is 64.9 Å². The Balaban J connectivity index is 1.60. The minimum Gasteiger partial charge on any atom is -0.330 e. The molecule has 122 valence electrons. The molecule has 0 aliphatic carbocycles. The van der Waals surface area contributed by atoms with Gasteiger partial charge in [-0.05, 0) is 41.9 Å². The molecule has 1 aromatic carbocycles. The van der Waals surface area contributed by atoms with E-state index in [9.17, 15) is 4.79 Å². The van der Waals surface area contributed by atoms with Gasteiger partial charge in [0.15, 0.2) is 0 Å². The van der Waals surface area contributed by atoms with Crippen molar-refractivity contribution >= 4 is 22.9 Å². The monoisotopic (exact) mass is 338 g/mol. The van der Waals surface area contributed by atoms with Crippen LogP contribution in [-0.4, -0.2) is 22.4 Å². The fourth-order valence-electron chi connectivity index (χ4n) is 2.33. The first-order valence-corrected chi connectivity index (χ1v) is 8.56. The van der Waals surface area contributed by atoms with Gasteiger partial charge in [-0.3, -0.25) is 9.78 Å². The number of nitrogens with zero attached hydrogens (tertiary/aromatic N) is 2. The van der Waals surface area contributed by atoms with Gasteiger partial charge in [0, 0.05) is 29.9 Å². The van der Waals surface area contributed by atoms with E-state index in [1.165, 1.54) is 0 Å². The summed E-state index contributed by atoms with van der Waals surface area (Å²) >= 11 is 1.55. The lowest BCUT2D eigenvalue weighted by atomic mass is 10.1. The van der Waals surface area contributed by atoms with Crippen LogP contribution in [0.15, 0.2) is 54.2 Å². The number of aromatic nitrogens is 2. The van der Waals surface area contributed by atoms with Crippen LogP contribution >= 0.6 is 11.3 Å². The number of nitrogens with one attached hydrogen (secondary N) is 1. The Morgan fingerprint density at radius 3 is 2.50 bits per heavy atom. The first-order valence-electron chi connectivity index (χ1n) is 7.68. The molecule has 5 nitrogen and oxygen atoms in total. The summed E-state index contributed by atoms with van der Waals surface area (Å²) in [6.45, 7) is 0.572. The summed E-state index contributed by atoms with van der Waals surface area (Å²) < 4.78 is 0. The quantitative estimate of drug-likeness (QED) is 0.724. The fourth-order valence-corrected chi connectivity index (χ4v) is 3.14. The molecule has 24 heavy (non-hydrogen) atoms. The van der Waals surface area contributed by atoms with Crippen LogP contribution in [0.5, 0.6) is 0 Å². The van der Waals surface area contributed by atoms with Gasteiger partial charge in [-0.1, -0.05) is 12.1 Å². The molecular weight excluding hydrogens is 320 g/mol. The maximum Gasteiger partial charge on any atom is 0.230 e. The van der Waals surface area contributed by atoms with Crippen molar-refractivity contribution in [2.24, 2.45) is 5.73 Å². The Bertz CT molecular complexity index is 799. The van der Waals surface area contributed by atoms with Crippen LogP contribution in [0.4, 0.5) is 5.69 Å². The molecule has 0 spiro atoms. The predicted molar refractivity (Wildman–Crippen MR) is 96.9 cm³/mol. The van der Waals surface area contributed by atoms with Crippen molar-refractivity contribution in [3.63, 3.8) is 0 Å². The number of nitrogens with two attached hydrogens (primary N) is 1. The van der Waals surface area contributed by atoms with Crippen molar-refractivity contribution in [2.75, 3.05) is 11.9 Å². The molecule has 6 heteroatoms. The van der Waals surface area contributed by atoms with Gasteiger partial charge in [-0.15, -0.1) is 11.3 Å². The molecule has 2 aromatic heterocycles. The molecule has 3 N–H and O–H groups in total. The molecule has 0 aliphatic rings. The van der Waals surface area contributed by atoms with Crippen molar-refractivity contribution in [2.45, 2.75) is 12.8 Å². The summed E-state index contributed by atoms with van der Waals surface area (Å²) in [6.07, 6.45) is 4.55. The van der Waals surface area contributed by atoms with E-state index in [0.29, 0.717) is 6.54 Å². The van der Waals surface area contributed by atoms with Crippen molar-refractivity contribution in [3.8, 4) is 11.1 Å². The minimum atomic E-state index is -0.0729. The molecule has 2 heterocycles. The van der Waals surface area contributed by atoms with E-state index in [2.05, 4.69) is 15.3 Å². The lowest BCUT2D eigenvalue weighted by molar-refractivity contribution is -0.115. The predicted octanol–water partition coefficient (Wildman–Crippen LogP) is 2.89. The molecule has 1 amide bonds. The number of hydrogen-bond acceptors (Lipinski definition) is 5. The summed E-state index contributed by atoms with van der Waals surface area (Å²) in [5.74, 6) is -0.0729. The van der Waals surface area contributed by atoms with Crippen molar-refractivity contribution in [1.29, 1.82) is 0 Å². The van der Waals surface area contributed by atoms with Crippen molar-refractivity contribution < 1.29 is 4.79 Å². The van der Waals surface area contributed by atoms with Gasteiger partial charge >= 0.3 is 0 Å². The summed E-state index contributed by atoms with van der Waals surface area (Å²) in [5.41, 5.74) is 9.25. The molecule has 0 saturated carbocycles. The molecule has 0 aliphatic heterocycles. The maximum atomic E-state index is 12.1. The highest BCUT2D eigenvalue weighted by atomic mass is 32.1. The zero-order valence-electron chi connectivity index (χ0n) is 13.1. The van der Waals surface area contributed by atoms with E-state index in [0.717, 1.165) is 33.9 Å².